The minimum absolute atomic E-state index is 0.0625. The maximum atomic E-state index is 8.51. The molecule has 1 heterocycles. The van der Waals surface area contributed by atoms with Crippen LogP contribution in [0.25, 0.3) is 0 Å². The zero-order chi connectivity index (χ0) is 6.69. The summed E-state index contributed by atoms with van der Waals surface area (Å²) in [5.41, 5.74) is 0.888. The zero-order valence-corrected chi connectivity index (χ0v) is 5.29. The molecule has 0 fully saturated rings. The van der Waals surface area contributed by atoms with E-state index in [2.05, 4.69) is 5.16 Å². The van der Waals surface area contributed by atoms with Crippen molar-refractivity contribution in [3.8, 4) is 0 Å². The zero-order valence-electron chi connectivity index (χ0n) is 5.29. The van der Waals surface area contributed by atoms with Gasteiger partial charge in [0.25, 0.3) is 0 Å². The molecule has 0 radical (unpaired) electrons. The third-order valence-electron chi connectivity index (χ3n) is 1.13. The average Bonchev–Trinajstić information content (AvgIpc) is 2.34. The van der Waals surface area contributed by atoms with E-state index in [1.54, 1.807) is 6.07 Å². The Morgan fingerprint density at radius 3 is 2.89 bits per heavy atom. The Bertz CT molecular complexity index is 164. The summed E-state index contributed by atoms with van der Waals surface area (Å²) in [7, 11) is 0. The number of aromatic nitrogens is 1. The summed E-state index contributed by atoms with van der Waals surface area (Å²) in [6, 6.07) is 1.75. The number of hydrogen-bond donors (Lipinski definition) is 1. The van der Waals surface area contributed by atoms with Crippen LogP contribution in [0.1, 0.15) is 18.4 Å². The highest BCUT2D eigenvalue weighted by Crippen LogP contribution is 2.02. The second kappa shape index (κ2) is 2.64. The van der Waals surface area contributed by atoms with Gasteiger partial charge >= 0.3 is 0 Å². The number of aliphatic hydroxyl groups is 1. The molecule has 0 aliphatic carbocycles. The van der Waals surface area contributed by atoms with Crippen molar-refractivity contribution in [1.29, 1.82) is 0 Å². The summed E-state index contributed by atoms with van der Waals surface area (Å²) in [5, 5.41) is 12.2. The molecule has 1 aromatic heterocycles. The highest BCUT2D eigenvalue weighted by molar-refractivity contribution is 5.03. The quantitative estimate of drug-likeness (QED) is 0.637. The molecule has 0 atom stereocenters. The molecule has 0 aromatic carbocycles. The van der Waals surface area contributed by atoms with Crippen LogP contribution in [0.3, 0.4) is 0 Å². The molecule has 50 valence electrons. The van der Waals surface area contributed by atoms with Gasteiger partial charge in [0.2, 0.25) is 0 Å². The number of hydrogen-bond acceptors (Lipinski definition) is 3. The summed E-state index contributed by atoms with van der Waals surface area (Å²) in [5.74, 6) is 0.534. The van der Waals surface area contributed by atoms with Crippen LogP contribution < -0.4 is 0 Å². The van der Waals surface area contributed by atoms with Crippen LogP contribution in [0.4, 0.5) is 0 Å². The summed E-state index contributed by atoms with van der Waals surface area (Å²) in [6.07, 6.45) is 0.851. The van der Waals surface area contributed by atoms with Gasteiger partial charge in [0, 0.05) is 6.07 Å². The van der Waals surface area contributed by atoms with Crippen LogP contribution in [-0.2, 0) is 13.0 Å². The van der Waals surface area contributed by atoms with Gasteiger partial charge in [-0.1, -0.05) is 12.1 Å². The van der Waals surface area contributed by atoms with E-state index in [-0.39, 0.29) is 6.61 Å². The van der Waals surface area contributed by atoms with Crippen molar-refractivity contribution in [2.75, 3.05) is 0 Å². The Balaban J connectivity index is 2.74. The molecule has 0 unspecified atom stereocenters. The van der Waals surface area contributed by atoms with Crippen LogP contribution in [0, 0.1) is 0 Å². The largest absolute Gasteiger partial charge is 0.388 e. The van der Waals surface area contributed by atoms with E-state index in [1.165, 1.54) is 0 Å². The normalized spacial score (nSPS) is 10.0. The lowest BCUT2D eigenvalue weighted by atomic mass is 10.3. The molecule has 1 N–H and O–H groups in total. The van der Waals surface area contributed by atoms with Crippen molar-refractivity contribution in [2.45, 2.75) is 20.0 Å². The van der Waals surface area contributed by atoms with Gasteiger partial charge in [-0.3, -0.25) is 0 Å². The maximum absolute atomic E-state index is 8.51. The molecule has 0 saturated heterocycles. The lowest BCUT2D eigenvalue weighted by Gasteiger charge is -1.77. The van der Waals surface area contributed by atoms with Crippen LogP contribution in [0.15, 0.2) is 10.6 Å². The fourth-order valence-corrected chi connectivity index (χ4v) is 0.597. The Labute approximate surface area is 53.3 Å². The lowest BCUT2D eigenvalue weighted by Crippen LogP contribution is -1.75. The summed E-state index contributed by atoms with van der Waals surface area (Å²) >= 11 is 0. The minimum Gasteiger partial charge on any atom is -0.388 e. The molecule has 0 aliphatic heterocycles. The molecule has 3 nitrogen and oxygen atoms in total. The number of aliphatic hydroxyl groups excluding tert-OH is 1. The van der Waals surface area contributed by atoms with Gasteiger partial charge in [-0.15, -0.1) is 0 Å². The smallest absolute Gasteiger partial charge is 0.162 e. The van der Waals surface area contributed by atoms with E-state index in [1.807, 2.05) is 6.92 Å². The highest BCUT2D eigenvalue weighted by Gasteiger charge is 1.98. The monoisotopic (exact) mass is 127 g/mol. The molecule has 0 amide bonds. The Kier molecular flexibility index (Phi) is 1.85. The molecule has 0 spiro atoms. The van der Waals surface area contributed by atoms with Crippen molar-refractivity contribution in [2.24, 2.45) is 0 Å². The fraction of sp³-hybridized carbons (Fsp3) is 0.500. The van der Waals surface area contributed by atoms with Crippen molar-refractivity contribution in [3.63, 3.8) is 0 Å². The molecule has 1 rings (SSSR count). The predicted molar refractivity (Wildman–Crippen MR) is 31.8 cm³/mol. The fourth-order valence-electron chi connectivity index (χ4n) is 0.597. The number of aryl methyl sites for hydroxylation is 1. The number of rotatable bonds is 2. The second-order valence-electron chi connectivity index (χ2n) is 1.80. The predicted octanol–water partition coefficient (Wildman–Crippen LogP) is 0.729. The first kappa shape index (κ1) is 6.29. The SMILES string of the molecule is CCc1cc(CO)on1. The van der Waals surface area contributed by atoms with Gasteiger partial charge < -0.3 is 9.63 Å². The topological polar surface area (TPSA) is 46.3 Å². The molecule has 1 aromatic rings. The van der Waals surface area contributed by atoms with Crippen LogP contribution in [0.2, 0.25) is 0 Å². The maximum Gasteiger partial charge on any atom is 0.162 e. The first-order valence-electron chi connectivity index (χ1n) is 2.92. The second-order valence-corrected chi connectivity index (χ2v) is 1.80. The van der Waals surface area contributed by atoms with Crippen LogP contribution in [0.5, 0.6) is 0 Å². The Hall–Kier alpha value is -0.830. The van der Waals surface area contributed by atoms with E-state index >= 15 is 0 Å². The Morgan fingerprint density at radius 2 is 2.56 bits per heavy atom. The van der Waals surface area contributed by atoms with E-state index in [0.29, 0.717) is 5.76 Å². The summed E-state index contributed by atoms with van der Waals surface area (Å²) in [4.78, 5) is 0. The minimum atomic E-state index is -0.0625. The van der Waals surface area contributed by atoms with E-state index < -0.39 is 0 Å². The van der Waals surface area contributed by atoms with Gasteiger partial charge in [0.05, 0.1) is 5.69 Å². The van der Waals surface area contributed by atoms with E-state index in [0.717, 1.165) is 12.1 Å². The average molecular weight is 127 g/mol. The highest BCUT2D eigenvalue weighted by atomic mass is 16.5. The van der Waals surface area contributed by atoms with Gasteiger partial charge in [-0.2, -0.15) is 0 Å². The van der Waals surface area contributed by atoms with Crippen LogP contribution >= 0.6 is 0 Å². The first-order valence-corrected chi connectivity index (χ1v) is 2.92. The molecule has 0 bridgehead atoms. The lowest BCUT2D eigenvalue weighted by molar-refractivity contribution is 0.228. The first-order chi connectivity index (χ1) is 4.36. The number of nitrogens with zero attached hydrogens (tertiary/aromatic N) is 1. The molecule has 9 heavy (non-hydrogen) atoms. The third kappa shape index (κ3) is 1.29. The molecular weight excluding hydrogens is 118 g/mol. The Morgan fingerprint density at radius 1 is 1.78 bits per heavy atom. The molecule has 3 heteroatoms. The summed E-state index contributed by atoms with van der Waals surface area (Å²) < 4.78 is 4.70. The van der Waals surface area contributed by atoms with Crippen molar-refractivity contribution in [3.05, 3.63) is 17.5 Å². The van der Waals surface area contributed by atoms with Crippen LogP contribution in [-0.4, -0.2) is 10.3 Å². The van der Waals surface area contributed by atoms with Crippen molar-refractivity contribution < 1.29 is 9.63 Å². The van der Waals surface area contributed by atoms with E-state index in [9.17, 15) is 0 Å². The standard InChI is InChI=1S/C6H9NO2/c1-2-5-3-6(4-8)9-7-5/h3,8H,2,4H2,1H3. The van der Waals surface area contributed by atoms with Gasteiger partial charge in [-0.05, 0) is 6.42 Å². The molecule has 0 saturated carbocycles. The van der Waals surface area contributed by atoms with Crippen molar-refractivity contribution >= 4 is 0 Å². The third-order valence-corrected chi connectivity index (χ3v) is 1.13. The summed E-state index contributed by atoms with van der Waals surface area (Å²) in [6.45, 7) is 1.92. The molecular formula is C6H9NO2. The van der Waals surface area contributed by atoms with Crippen molar-refractivity contribution in [1.82, 2.24) is 5.16 Å². The van der Waals surface area contributed by atoms with Gasteiger partial charge in [0.1, 0.15) is 6.61 Å². The van der Waals surface area contributed by atoms with Gasteiger partial charge in [-0.25, -0.2) is 0 Å². The molecule has 0 aliphatic rings. The van der Waals surface area contributed by atoms with Gasteiger partial charge in [0.15, 0.2) is 5.76 Å². The van der Waals surface area contributed by atoms with E-state index in [4.69, 9.17) is 9.63 Å².